The molecule has 0 saturated carbocycles. The molecule has 0 aliphatic rings. The SMILES string of the molecule is C=CCC(Nc1ccc(OC)cc1)c1cccc2cccnc12. The van der Waals surface area contributed by atoms with Crippen LogP contribution in [0.2, 0.25) is 0 Å². The first-order chi connectivity index (χ1) is 11.3. The highest BCUT2D eigenvalue weighted by Gasteiger charge is 2.13. The zero-order valence-electron chi connectivity index (χ0n) is 13.2. The van der Waals surface area contributed by atoms with Gasteiger partial charge in [-0.3, -0.25) is 4.98 Å². The maximum Gasteiger partial charge on any atom is 0.119 e. The molecule has 3 nitrogen and oxygen atoms in total. The Kier molecular flexibility index (Phi) is 4.57. The topological polar surface area (TPSA) is 34.1 Å². The van der Waals surface area contributed by atoms with E-state index in [0.717, 1.165) is 28.8 Å². The molecule has 0 spiro atoms. The molecule has 23 heavy (non-hydrogen) atoms. The number of para-hydroxylation sites is 1. The van der Waals surface area contributed by atoms with E-state index in [-0.39, 0.29) is 6.04 Å². The van der Waals surface area contributed by atoms with Crippen LogP contribution in [0, 0.1) is 0 Å². The number of hydrogen-bond acceptors (Lipinski definition) is 3. The maximum absolute atomic E-state index is 5.21. The highest BCUT2D eigenvalue weighted by Crippen LogP contribution is 2.29. The lowest BCUT2D eigenvalue weighted by atomic mass is 9.99. The fourth-order valence-corrected chi connectivity index (χ4v) is 2.73. The molecule has 1 unspecified atom stereocenters. The van der Waals surface area contributed by atoms with Gasteiger partial charge in [-0.25, -0.2) is 0 Å². The van der Waals surface area contributed by atoms with Gasteiger partial charge in [0.05, 0.1) is 18.7 Å². The van der Waals surface area contributed by atoms with Crippen LogP contribution in [0.5, 0.6) is 5.75 Å². The van der Waals surface area contributed by atoms with Crippen molar-refractivity contribution in [2.75, 3.05) is 12.4 Å². The van der Waals surface area contributed by atoms with Crippen LogP contribution in [-0.4, -0.2) is 12.1 Å². The van der Waals surface area contributed by atoms with Gasteiger partial charge in [0.1, 0.15) is 5.75 Å². The average Bonchev–Trinajstić information content (AvgIpc) is 2.61. The molecule has 0 radical (unpaired) electrons. The highest BCUT2D eigenvalue weighted by atomic mass is 16.5. The number of aromatic nitrogens is 1. The number of fused-ring (bicyclic) bond motifs is 1. The van der Waals surface area contributed by atoms with Gasteiger partial charge < -0.3 is 10.1 Å². The highest BCUT2D eigenvalue weighted by molar-refractivity contribution is 5.82. The Morgan fingerprint density at radius 2 is 1.91 bits per heavy atom. The maximum atomic E-state index is 5.21. The van der Waals surface area contributed by atoms with Gasteiger partial charge in [-0.2, -0.15) is 0 Å². The first-order valence-electron chi connectivity index (χ1n) is 7.67. The Labute approximate surface area is 136 Å². The molecule has 3 rings (SSSR count). The monoisotopic (exact) mass is 304 g/mol. The van der Waals surface area contributed by atoms with E-state index in [4.69, 9.17) is 4.74 Å². The van der Waals surface area contributed by atoms with Crippen LogP contribution in [0.4, 0.5) is 5.69 Å². The Morgan fingerprint density at radius 3 is 2.65 bits per heavy atom. The lowest BCUT2D eigenvalue weighted by molar-refractivity contribution is 0.415. The third-order valence-corrected chi connectivity index (χ3v) is 3.87. The molecule has 0 aliphatic heterocycles. The van der Waals surface area contributed by atoms with Crippen LogP contribution in [0.3, 0.4) is 0 Å². The fraction of sp³-hybridized carbons (Fsp3) is 0.150. The first kappa shape index (κ1) is 15.1. The molecule has 1 N–H and O–H groups in total. The van der Waals surface area contributed by atoms with Crippen LogP contribution >= 0.6 is 0 Å². The molecule has 0 saturated heterocycles. The van der Waals surface area contributed by atoms with Crippen LogP contribution in [0.25, 0.3) is 10.9 Å². The molecule has 1 heterocycles. The molecule has 1 atom stereocenters. The van der Waals surface area contributed by atoms with Crippen molar-refractivity contribution in [3.63, 3.8) is 0 Å². The number of benzene rings is 2. The van der Waals surface area contributed by atoms with Gasteiger partial charge in [0.2, 0.25) is 0 Å². The van der Waals surface area contributed by atoms with Gasteiger partial charge in [-0.05, 0) is 36.8 Å². The average molecular weight is 304 g/mol. The molecule has 3 aromatic rings. The van der Waals surface area contributed by atoms with Crippen molar-refractivity contribution in [2.24, 2.45) is 0 Å². The largest absolute Gasteiger partial charge is 0.497 e. The van der Waals surface area contributed by atoms with Gasteiger partial charge in [-0.1, -0.05) is 30.3 Å². The normalized spacial score (nSPS) is 11.9. The van der Waals surface area contributed by atoms with Crippen molar-refractivity contribution < 1.29 is 4.74 Å². The number of hydrogen-bond donors (Lipinski definition) is 1. The van der Waals surface area contributed by atoms with E-state index in [1.54, 1.807) is 7.11 Å². The van der Waals surface area contributed by atoms with E-state index in [1.165, 1.54) is 5.56 Å². The number of nitrogens with zero attached hydrogens (tertiary/aromatic N) is 1. The molecule has 0 amide bonds. The predicted molar refractivity (Wildman–Crippen MR) is 95.9 cm³/mol. The molecular weight excluding hydrogens is 284 g/mol. The summed E-state index contributed by atoms with van der Waals surface area (Å²) in [6, 6.07) is 18.4. The van der Waals surface area contributed by atoms with Gasteiger partial charge >= 0.3 is 0 Å². The minimum atomic E-state index is 0.125. The first-order valence-corrected chi connectivity index (χ1v) is 7.67. The van der Waals surface area contributed by atoms with E-state index in [0.29, 0.717) is 0 Å². The van der Waals surface area contributed by atoms with Crippen molar-refractivity contribution in [2.45, 2.75) is 12.5 Å². The summed E-state index contributed by atoms with van der Waals surface area (Å²) in [6.07, 6.45) is 4.59. The molecule has 2 aromatic carbocycles. The summed E-state index contributed by atoms with van der Waals surface area (Å²) in [5.74, 6) is 0.850. The number of rotatable bonds is 6. The molecule has 3 heteroatoms. The van der Waals surface area contributed by atoms with E-state index in [2.05, 4.69) is 41.1 Å². The lowest BCUT2D eigenvalue weighted by Gasteiger charge is -2.20. The second kappa shape index (κ2) is 6.97. The number of ether oxygens (including phenoxy) is 1. The Balaban J connectivity index is 1.95. The van der Waals surface area contributed by atoms with Gasteiger partial charge in [0.25, 0.3) is 0 Å². The summed E-state index contributed by atoms with van der Waals surface area (Å²) < 4.78 is 5.21. The van der Waals surface area contributed by atoms with Crippen molar-refractivity contribution in [3.05, 3.63) is 79.0 Å². The lowest BCUT2D eigenvalue weighted by Crippen LogP contribution is -2.11. The molecule has 0 bridgehead atoms. The minimum absolute atomic E-state index is 0.125. The number of anilines is 1. The molecule has 1 aromatic heterocycles. The summed E-state index contributed by atoms with van der Waals surface area (Å²) in [5, 5.41) is 4.72. The Bertz CT molecular complexity index is 791. The van der Waals surface area contributed by atoms with Crippen LogP contribution in [0.15, 0.2) is 73.4 Å². The second-order valence-corrected chi connectivity index (χ2v) is 5.37. The quantitative estimate of drug-likeness (QED) is 0.653. The zero-order valence-corrected chi connectivity index (χ0v) is 13.2. The predicted octanol–water partition coefficient (Wildman–Crippen LogP) is 4.97. The van der Waals surface area contributed by atoms with Crippen molar-refractivity contribution in [3.8, 4) is 5.75 Å². The number of nitrogens with one attached hydrogen (secondary N) is 1. The van der Waals surface area contributed by atoms with Crippen molar-refractivity contribution in [1.82, 2.24) is 4.98 Å². The van der Waals surface area contributed by atoms with E-state index in [1.807, 2.05) is 42.6 Å². The van der Waals surface area contributed by atoms with Gasteiger partial charge in [0.15, 0.2) is 0 Å². The number of pyridine rings is 1. The fourth-order valence-electron chi connectivity index (χ4n) is 2.73. The third kappa shape index (κ3) is 3.34. The van der Waals surface area contributed by atoms with Crippen LogP contribution in [0.1, 0.15) is 18.0 Å². The summed E-state index contributed by atoms with van der Waals surface area (Å²) in [5.41, 5.74) is 3.26. The summed E-state index contributed by atoms with van der Waals surface area (Å²) in [4.78, 5) is 4.56. The van der Waals surface area contributed by atoms with E-state index >= 15 is 0 Å². The molecule has 0 aliphatic carbocycles. The summed E-state index contributed by atoms with van der Waals surface area (Å²) >= 11 is 0. The smallest absolute Gasteiger partial charge is 0.119 e. The Morgan fingerprint density at radius 1 is 1.13 bits per heavy atom. The van der Waals surface area contributed by atoms with E-state index in [9.17, 15) is 0 Å². The second-order valence-electron chi connectivity index (χ2n) is 5.37. The molecule has 0 fully saturated rings. The van der Waals surface area contributed by atoms with Gasteiger partial charge in [-0.15, -0.1) is 6.58 Å². The minimum Gasteiger partial charge on any atom is -0.497 e. The third-order valence-electron chi connectivity index (χ3n) is 3.87. The Hall–Kier alpha value is -2.81. The van der Waals surface area contributed by atoms with E-state index < -0.39 is 0 Å². The van der Waals surface area contributed by atoms with Crippen LogP contribution in [-0.2, 0) is 0 Å². The molecule has 116 valence electrons. The zero-order chi connectivity index (χ0) is 16.1. The standard InChI is InChI=1S/C20H20N2O/c1-3-6-19(22-16-10-12-17(23-2)13-11-16)18-9-4-7-15-8-5-14-21-20(15)18/h3-5,7-14,19,22H,1,6H2,2H3. The van der Waals surface area contributed by atoms with Gasteiger partial charge in [0, 0.05) is 22.8 Å². The summed E-state index contributed by atoms with van der Waals surface area (Å²) in [7, 11) is 1.67. The number of methoxy groups -OCH3 is 1. The summed E-state index contributed by atoms with van der Waals surface area (Å²) in [6.45, 7) is 3.89. The molecular formula is C20H20N2O. The van der Waals surface area contributed by atoms with Crippen molar-refractivity contribution >= 4 is 16.6 Å². The van der Waals surface area contributed by atoms with Crippen molar-refractivity contribution in [1.29, 1.82) is 0 Å². The van der Waals surface area contributed by atoms with Crippen LogP contribution < -0.4 is 10.1 Å².